The number of nitrogen functional groups attached to an aromatic ring is 1. The van der Waals surface area contributed by atoms with Gasteiger partial charge >= 0.3 is 18.0 Å². The summed E-state index contributed by atoms with van der Waals surface area (Å²) in [4.78, 5) is 89.0. The Labute approximate surface area is 268 Å². The predicted molar refractivity (Wildman–Crippen MR) is 164 cm³/mol. The van der Waals surface area contributed by atoms with Crippen molar-refractivity contribution >= 4 is 69.7 Å². The number of rotatable bonds is 10. The molecule has 46 heavy (non-hydrogen) atoms. The summed E-state index contributed by atoms with van der Waals surface area (Å²) in [7, 11) is 0. The summed E-state index contributed by atoms with van der Waals surface area (Å²) in [5, 5.41) is 25.8. The molecule has 5 rings (SSSR count). The maximum absolute atomic E-state index is 13.9. The standard InChI is InChI=1S/C26H31N9O9S2/c1-10(36)44-7-11-8-45-22-16(21(40)35(22)17(11)23(41)42)32-20(39)18(14-9-46-24(27)31-14)34(25(28)43)15-6-29-26(33-19(15)38)30-12-2-4-13(37)5-3-12/h6,9,12-13,16,18,22,37H,2-5,7-8H2,1H3,(H2,27,31)(H2,28,43)(H,32,39)(H,41,42)(H2,29,30,33,38)/t12?,13?,16-,18?,22+/m1/s1. The fourth-order valence-corrected chi connectivity index (χ4v) is 7.37. The molecule has 246 valence electrons. The number of carboxylic acids is 1. The number of aromatic amines is 1. The minimum atomic E-state index is -1.67. The predicted octanol–water partition coefficient (Wildman–Crippen LogP) is -0.548. The number of thiazole rings is 1. The molecule has 18 nitrogen and oxygen atoms in total. The Morgan fingerprint density at radius 3 is 2.54 bits per heavy atom. The number of nitrogens with two attached hydrogens (primary N) is 2. The number of carbonyl (C=O) groups excluding carboxylic acids is 4. The van der Waals surface area contributed by atoms with Crippen LogP contribution in [0.2, 0.25) is 0 Å². The molecule has 20 heteroatoms. The Kier molecular flexibility index (Phi) is 9.49. The number of aliphatic hydroxyl groups is 1. The molecular formula is C26H31N9O9S2. The van der Waals surface area contributed by atoms with Crippen molar-refractivity contribution in [3.8, 4) is 0 Å². The minimum Gasteiger partial charge on any atom is -0.477 e. The summed E-state index contributed by atoms with van der Waals surface area (Å²) in [6, 6.07) is -4.14. The largest absolute Gasteiger partial charge is 0.477 e. The first kappa shape index (κ1) is 32.7. The number of fused-ring (bicyclic) bond motifs is 1. The van der Waals surface area contributed by atoms with Crippen molar-refractivity contribution in [2.45, 2.75) is 62.2 Å². The van der Waals surface area contributed by atoms with Crippen LogP contribution in [0.3, 0.4) is 0 Å². The number of hydrogen-bond donors (Lipinski definition) is 7. The van der Waals surface area contributed by atoms with Crippen molar-refractivity contribution in [1.82, 2.24) is 25.2 Å². The van der Waals surface area contributed by atoms with Gasteiger partial charge in [0.2, 0.25) is 11.9 Å². The fourth-order valence-electron chi connectivity index (χ4n) is 5.46. The van der Waals surface area contributed by atoms with Gasteiger partial charge in [-0.3, -0.25) is 34.0 Å². The van der Waals surface area contributed by atoms with E-state index in [0.29, 0.717) is 30.6 Å². The van der Waals surface area contributed by atoms with E-state index in [9.17, 15) is 39.0 Å². The van der Waals surface area contributed by atoms with Crippen molar-refractivity contribution in [2.75, 3.05) is 28.3 Å². The lowest BCUT2D eigenvalue weighted by Gasteiger charge is -2.49. The van der Waals surface area contributed by atoms with Gasteiger partial charge in [0.05, 0.1) is 18.0 Å². The number of carbonyl (C=O) groups is 5. The third kappa shape index (κ3) is 6.63. The van der Waals surface area contributed by atoms with E-state index in [1.165, 1.54) is 12.3 Å². The first-order chi connectivity index (χ1) is 21.8. The van der Waals surface area contributed by atoms with Gasteiger partial charge in [-0.15, -0.1) is 23.1 Å². The fraction of sp³-hybridized carbons (Fsp3) is 0.462. The summed E-state index contributed by atoms with van der Waals surface area (Å²) in [5.74, 6) is -3.53. The highest BCUT2D eigenvalue weighted by molar-refractivity contribution is 8.00. The van der Waals surface area contributed by atoms with E-state index in [1.807, 2.05) is 0 Å². The molecule has 0 bridgehead atoms. The molecular weight excluding hydrogens is 646 g/mol. The van der Waals surface area contributed by atoms with E-state index < -0.39 is 52.8 Å². The zero-order valence-electron chi connectivity index (χ0n) is 24.3. The van der Waals surface area contributed by atoms with Gasteiger partial charge in [0.15, 0.2) is 11.2 Å². The molecule has 1 aliphatic carbocycles. The first-order valence-electron chi connectivity index (χ1n) is 14.0. The number of hydrogen-bond acceptors (Lipinski definition) is 14. The normalized spacial score (nSPS) is 23.1. The third-order valence-electron chi connectivity index (χ3n) is 7.64. The van der Waals surface area contributed by atoms with Gasteiger partial charge in [0.25, 0.3) is 11.5 Å². The number of β-lactam (4-membered cyclic amide) rings is 1. The van der Waals surface area contributed by atoms with Crippen molar-refractivity contribution in [1.29, 1.82) is 0 Å². The molecule has 4 heterocycles. The Balaban J connectivity index is 1.40. The second-order valence-corrected chi connectivity index (χ2v) is 12.7. The summed E-state index contributed by atoms with van der Waals surface area (Å²) in [6.45, 7) is 0.848. The molecule has 4 amide bonds. The number of ether oxygens (including phenoxy) is 1. The van der Waals surface area contributed by atoms with Crippen LogP contribution in [0.5, 0.6) is 0 Å². The number of thioether (sulfide) groups is 1. The summed E-state index contributed by atoms with van der Waals surface area (Å²) >= 11 is 2.10. The minimum absolute atomic E-state index is 0.0455. The van der Waals surface area contributed by atoms with Gasteiger partial charge in [-0.2, -0.15) is 0 Å². The molecule has 0 aromatic carbocycles. The van der Waals surface area contributed by atoms with Gasteiger partial charge in [-0.05, 0) is 25.7 Å². The van der Waals surface area contributed by atoms with Crippen LogP contribution < -0.4 is 32.6 Å². The molecule has 3 aliphatic rings. The highest BCUT2D eigenvalue weighted by Crippen LogP contribution is 2.41. The maximum atomic E-state index is 13.9. The zero-order chi connectivity index (χ0) is 33.3. The molecule has 1 saturated carbocycles. The van der Waals surface area contributed by atoms with Gasteiger partial charge in [-0.25, -0.2) is 19.6 Å². The number of H-pyrrole nitrogens is 1. The van der Waals surface area contributed by atoms with Gasteiger partial charge < -0.3 is 37.1 Å². The molecule has 2 aliphatic heterocycles. The number of amides is 4. The second-order valence-electron chi connectivity index (χ2n) is 10.8. The van der Waals surface area contributed by atoms with Gasteiger partial charge in [-0.1, -0.05) is 0 Å². The van der Waals surface area contributed by atoms with Crippen LogP contribution in [-0.4, -0.2) is 95.8 Å². The summed E-state index contributed by atoms with van der Waals surface area (Å²) in [6.07, 6.45) is 3.18. The van der Waals surface area contributed by atoms with Crippen LogP contribution >= 0.6 is 23.1 Å². The number of aromatic nitrogens is 3. The van der Waals surface area contributed by atoms with Crippen molar-refractivity contribution in [3.05, 3.63) is 38.9 Å². The van der Waals surface area contributed by atoms with E-state index in [0.717, 1.165) is 34.2 Å². The van der Waals surface area contributed by atoms with Crippen LogP contribution in [-0.2, 0) is 23.9 Å². The smallest absolute Gasteiger partial charge is 0.352 e. The SMILES string of the molecule is CC(=O)OCC1=C(C(=O)O)N2C(=O)[C@@H](NC(=O)C(c3csc(N)n3)N(C(N)=O)c3cnc(NC4CCC(O)CC4)[nH]c3=O)[C@@H]2SC1. The summed E-state index contributed by atoms with van der Waals surface area (Å²) in [5.41, 5.74) is 10.1. The van der Waals surface area contributed by atoms with E-state index >= 15 is 0 Å². The quantitative estimate of drug-likeness (QED) is 0.123. The van der Waals surface area contributed by atoms with Crippen LogP contribution in [0.15, 0.2) is 27.6 Å². The average Bonchev–Trinajstić information content (AvgIpc) is 3.43. The van der Waals surface area contributed by atoms with E-state index in [-0.39, 0.29) is 58.2 Å². The Bertz CT molecular complexity index is 1650. The number of aliphatic hydroxyl groups excluding tert-OH is 1. The number of primary amides is 1. The molecule has 0 spiro atoms. The lowest BCUT2D eigenvalue weighted by molar-refractivity contribution is -0.151. The number of aliphatic carboxylic acids is 1. The molecule has 2 aromatic heterocycles. The Morgan fingerprint density at radius 2 is 1.96 bits per heavy atom. The molecule has 2 fully saturated rings. The number of urea groups is 1. The molecule has 1 saturated heterocycles. The monoisotopic (exact) mass is 677 g/mol. The Hall–Kier alpha value is -4.69. The Morgan fingerprint density at radius 1 is 1.24 bits per heavy atom. The molecule has 1 unspecified atom stereocenters. The highest BCUT2D eigenvalue weighted by atomic mass is 32.2. The van der Waals surface area contributed by atoms with E-state index in [1.54, 1.807) is 0 Å². The van der Waals surface area contributed by atoms with Crippen LogP contribution in [0.25, 0.3) is 0 Å². The molecule has 9 N–H and O–H groups in total. The average molecular weight is 678 g/mol. The number of nitrogens with zero attached hydrogens (tertiary/aromatic N) is 4. The number of esters is 1. The van der Waals surface area contributed by atoms with Gasteiger partial charge in [0.1, 0.15) is 29.4 Å². The highest BCUT2D eigenvalue weighted by Gasteiger charge is 2.55. The van der Waals surface area contributed by atoms with Gasteiger partial charge in [0, 0.05) is 29.7 Å². The van der Waals surface area contributed by atoms with Crippen molar-refractivity contribution in [3.63, 3.8) is 0 Å². The summed E-state index contributed by atoms with van der Waals surface area (Å²) < 4.78 is 4.94. The van der Waals surface area contributed by atoms with Crippen LogP contribution in [0, 0.1) is 0 Å². The second kappa shape index (κ2) is 13.3. The first-order valence-corrected chi connectivity index (χ1v) is 16.0. The molecule has 2 aromatic rings. The number of carboxylic acid groups (broad SMARTS) is 1. The van der Waals surface area contributed by atoms with E-state index in [4.69, 9.17) is 16.2 Å². The van der Waals surface area contributed by atoms with Crippen molar-refractivity contribution in [2.24, 2.45) is 5.73 Å². The zero-order valence-corrected chi connectivity index (χ0v) is 25.9. The van der Waals surface area contributed by atoms with Crippen LogP contribution in [0.1, 0.15) is 44.3 Å². The lowest BCUT2D eigenvalue weighted by atomic mass is 9.93. The topological polar surface area (TPSA) is 276 Å². The molecule has 0 radical (unpaired) electrons. The third-order valence-corrected chi connectivity index (χ3v) is 9.67. The number of nitrogens with one attached hydrogen (secondary N) is 3. The van der Waals surface area contributed by atoms with Crippen LogP contribution in [0.4, 0.5) is 21.6 Å². The van der Waals surface area contributed by atoms with E-state index in [2.05, 4.69) is 25.6 Å². The molecule has 3 atom stereocenters. The number of anilines is 3. The maximum Gasteiger partial charge on any atom is 0.352 e. The lowest BCUT2D eigenvalue weighted by Crippen LogP contribution is -2.71. The van der Waals surface area contributed by atoms with Crippen molar-refractivity contribution < 1.29 is 38.9 Å².